The van der Waals surface area contributed by atoms with Gasteiger partial charge in [0.1, 0.15) is 29.7 Å². The van der Waals surface area contributed by atoms with E-state index in [1.54, 1.807) is 18.2 Å². The quantitative estimate of drug-likeness (QED) is 0.597. The highest BCUT2D eigenvalue weighted by Gasteiger charge is 2.05. The van der Waals surface area contributed by atoms with E-state index in [2.05, 4.69) is 15.9 Å². The average Bonchev–Trinajstić information content (AvgIpc) is 2.45. The van der Waals surface area contributed by atoms with Crippen LogP contribution in [0.4, 0.5) is 0 Å². The highest BCUT2D eigenvalue weighted by molar-refractivity contribution is 9.10. The summed E-state index contributed by atoms with van der Waals surface area (Å²) >= 11 is 14.3. The molecule has 0 aromatic heterocycles. The van der Waals surface area contributed by atoms with E-state index in [-0.39, 0.29) is 4.99 Å². The first-order valence-electron chi connectivity index (χ1n) is 6.17. The van der Waals surface area contributed by atoms with Crippen LogP contribution in [0.1, 0.15) is 5.56 Å². The van der Waals surface area contributed by atoms with Crippen molar-refractivity contribution in [2.24, 2.45) is 5.73 Å². The first kappa shape index (κ1) is 16.1. The third-order valence-corrected chi connectivity index (χ3v) is 3.70. The number of ether oxygens (including phenoxy) is 2. The maximum Gasteiger partial charge on any atom is 0.122 e. The molecule has 0 bridgehead atoms. The van der Waals surface area contributed by atoms with Crippen LogP contribution in [-0.2, 0) is 0 Å². The summed E-state index contributed by atoms with van der Waals surface area (Å²) in [5.74, 6) is 1.45. The molecule has 0 aliphatic carbocycles. The predicted molar refractivity (Wildman–Crippen MR) is 92.5 cm³/mol. The van der Waals surface area contributed by atoms with Crippen LogP contribution in [-0.4, -0.2) is 18.2 Å². The number of thiocarbonyl (C=S) groups is 1. The Bertz CT molecular complexity index is 634. The van der Waals surface area contributed by atoms with Crippen LogP contribution in [0.5, 0.6) is 11.5 Å². The minimum Gasteiger partial charge on any atom is -0.490 e. The smallest absolute Gasteiger partial charge is 0.122 e. The number of hydrogen-bond acceptors (Lipinski definition) is 3. The van der Waals surface area contributed by atoms with Crippen molar-refractivity contribution < 1.29 is 9.47 Å². The zero-order chi connectivity index (χ0) is 15.2. The van der Waals surface area contributed by atoms with Gasteiger partial charge in [-0.25, -0.2) is 0 Å². The highest BCUT2D eigenvalue weighted by Crippen LogP contribution is 2.22. The van der Waals surface area contributed by atoms with Gasteiger partial charge >= 0.3 is 0 Å². The second kappa shape index (κ2) is 7.64. The van der Waals surface area contributed by atoms with Crippen LogP contribution in [0.2, 0.25) is 5.02 Å². The van der Waals surface area contributed by atoms with E-state index >= 15 is 0 Å². The standard InChI is InChI=1S/C15H13BrClNO2S/c16-10-1-3-11(4-2-10)19-7-8-20-12-5-6-13(15(18)21)14(17)9-12/h1-6,9H,7-8H2,(H2,18,21). The van der Waals surface area contributed by atoms with E-state index in [0.29, 0.717) is 29.5 Å². The summed E-state index contributed by atoms with van der Waals surface area (Å²) in [6, 6.07) is 12.8. The molecule has 0 aliphatic heterocycles. The van der Waals surface area contributed by atoms with E-state index in [0.717, 1.165) is 10.2 Å². The fraction of sp³-hybridized carbons (Fsp3) is 0.133. The molecule has 2 aromatic rings. The average molecular weight is 387 g/mol. The molecule has 0 fully saturated rings. The summed E-state index contributed by atoms with van der Waals surface area (Å²) in [6.45, 7) is 0.856. The first-order valence-corrected chi connectivity index (χ1v) is 7.74. The number of halogens is 2. The molecule has 2 N–H and O–H groups in total. The molecule has 0 saturated heterocycles. The van der Waals surface area contributed by atoms with Crippen molar-refractivity contribution in [1.82, 2.24) is 0 Å². The molecule has 0 amide bonds. The number of hydrogen-bond donors (Lipinski definition) is 1. The van der Waals surface area contributed by atoms with E-state index in [9.17, 15) is 0 Å². The molecule has 21 heavy (non-hydrogen) atoms. The minimum atomic E-state index is 0.269. The molecule has 110 valence electrons. The van der Waals surface area contributed by atoms with Gasteiger partial charge in [0.05, 0.1) is 5.02 Å². The molecule has 3 nitrogen and oxygen atoms in total. The van der Waals surface area contributed by atoms with Crippen molar-refractivity contribution in [2.75, 3.05) is 13.2 Å². The van der Waals surface area contributed by atoms with Crippen molar-refractivity contribution in [3.8, 4) is 11.5 Å². The molecular weight excluding hydrogens is 374 g/mol. The third-order valence-electron chi connectivity index (χ3n) is 2.64. The van der Waals surface area contributed by atoms with Gasteiger partial charge in [-0.3, -0.25) is 0 Å². The monoisotopic (exact) mass is 385 g/mol. The second-order valence-electron chi connectivity index (χ2n) is 4.16. The Balaban J connectivity index is 1.82. The van der Waals surface area contributed by atoms with Crippen molar-refractivity contribution in [3.63, 3.8) is 0 Å². The molecule has 0 atom stereocenters. The van der Waals surface area contributed by atoms with Gasteiger partial charge in [0, 0.05) is 10.0 Å². The molecule has 0 unspecified atom stereocenters. The van der Waals surface area contributed by atoms with Crippen LogP contribution in [0, 0.1) is 0 Å². The van der Waals surface area contributed by atoms with Crippen molar-refractivity contribution in [1.29, 1.82) is 0 Å². The summed E-state index contributed by atoms with van der Waals surface area (Å²) in [6.07, 6.45) is 0. The van der Waals surface area contributed by atoms with Crippen LogP contribution in [0.3, 0.4) is 0 Å². The lowest BCUT2D eigenvalue weighted by Crippen LogP contribution is -2.11. The van der Waals surface area contributed by atoms with Gasteiger partial charge in [-0.1, -0.05) is 39.7 Å². The van der Waals surface area contributed by atoms with Gasteiger partial charge in [-0.05, 0) is 42.5 Å². The number of rotatable bonds is 6. The Morgan fingerprint density at radius 2 is 1.62 bits per heavy atom. The SMILES string of the molecule is NC(=S)c1ccc(OCCOc2ccc(Br)cc2)cc1Cl. The summed E-state index contributed by atoms with van der Waals surface area (Å²) in [5, 5.41) is 0.480. The van der Waals surface area contributed by atoms with Crippen LogP contribution in [0.25, 0.3) is 0 Å². The zero-order valence-electron chi connectivity index (χ0n) is 11.0. The molecule has 0 aliphatic rings. The van der Waals surface area contributed by atoms with Crippen LogP contribution in [0.15, 0.2) is 46.9 Å². The van der Waals surface area contributed by atoms with Gasteiger partial charge in [0.15, 0.2) is 0 Å². The lowest BCUT2D eigenvalue weighted by atomic mass is 10.2. The van der Waals surface area contributed by atoms with Crippen LogP contribution >= 0.6 is 39.7 Å². The second-order valence-corrected chi connectivity index (χ2v) is 5.92. The lowest BCUT2D eigenvalue weighted by molar-refractivity contribution is 0.217. The summed E-state index contributed by atoms with van der Waals surface area (Å²) in [7, 11) is 0. The number of benzene rings is 2. The van der Waals surface area contributed by atoms with Gasteiger partial charge in [-0.2, -0.15) is 0 Å². The van der Waals surface area contributed by atoms with Crippen LogP contribution < -0.4 is 15.2 Å². The Kier molecular flexibility index (Phi) is 5.85. The van der Waals surface area contributed by atoms with Gasteiger partial charge in [-0.15, -0.1) is 0 Å². The Morgan fingerprint density at radius 1 is 1.05 bits per heavy atom. The molecular formula is C15H13BrClNO2S. The van der Waals surface area contributed by atoms with Gasteiger partial charge in [0.25, 0.3) is 0 Å². The maximum absolute atomic E-state index is 6.06. The maximum atomic E-state index is 6.06. The van der Waals surface area contributed by atoms with E-state index < -0.39 is 0 Å². The van der Waals surface area contributed by atoms with Gasteiger partial charge < -0.3 is 15.2 Å². The normalized spacial score (nSPS) is 10.2. The lowest BCUT2D eigenvalue weighted by Gasteiger charge is -2.10. The summed E-state index contributed by atoms with van der Waals surface area (Å²) in [4.78, 5) is 0.269. The van der Waals surface area contributed by atoms with Gasteiger partial charge in [0.2, 0.25) is 0 Å². The third kappa shape index (κ3) is 4.88. The van der Waals surface area contributed by atoms with E-state index in [1.807, 2.05) is 24.3 Å². The van der Waals surface area contributed by atoms with Crippen molar-refractivity contribution >= 4 is 44.7 Å². The largest absolute Gasteiger partial charge is 0.490 e. The molecule has 2 rings (SSSR count). The fourth-order valence-electron chi connectivity index (χ4n) is 1.64. The summed E-state index contributed by atoms with van der Waals surface area (Å²) < 4.78 is 12.1. The highest BCUT2D eigenvalue weighted by atomic mass is 79.9. The summed E-state index contributed by atoms with van der Waals surface area (Å²) in [5.41, 5.74) is 6.19. The Hall–Kier alpha value is -1.30. The predicted octanol–water partition coefficient (Wildman–Crippen LogP) is 4.19. The van der Waals surface area contributed by atoms with Crippen molar-refractivity contribution in [2.45, 2.75) is 0 Å². The first-order chi connectivity index (χ1) is 10.1. The van der Waals surface area contributed by atoms with E-state index in [4.69, 9.17) is 39.0 Å². The minimum absolute atomic E-state index is 0.269. The zero-order valence-corrected chi connectivity index (χ0v) is 14.2. The molecule has 0 radical (unpaired) electrons. The molecule has 2 aromatic carbocycles. The molecule has 6 heteroatoms. The fourth-order valence-corrected chi connectivity index (χ4v) is 2.41. The Morgan fingerprint density at radius 3 is 2.19 bits per heavy atom. The molecule has 0 spiro atoms. The number of nitrogens with two attached hydrogens (primary N) is 1. The Labute approximate surface area is 142 Å². The van der Waals surface area contributed by atoms with Crippen molar-refractivity contribution in [3.05, 3.63) is 57.5 Å². The molecule has 0 saturated carbocycles. The molecule has 0 heterocycles. The van der Waals surface area contributed by atoms with E-state index in [1.165, 1.54) is 0 Å². The topological polar surface area (TPSA) is 44.5 Å².